The number of anilines is 1. The third kappa shape index (κ3) is 5.99. The Hall–Kier alpha value is -3.03. The van der Waals surface area contributed by atoms with Crippen LogP contribution in [0.5, 0.6) is 0 Å². The second-order valence-corrected chi connectivity index (χ2v) is 10.2. The Balaban J connectivity index is 1.62. The van der Waals surface area contributed by atoms with E-state index in [1.54, 1.807) is 48.7 Å². The number of pyridine rings is 1. The summed E-state index contributed by atoms with van der Waals surface area (Å²) in [6.45, 7) is 8.29. The molecule has 3 rings (SSSR count). The van der Waals surface area contributed by atoms with Gasteiger partial charge in [0.15, 0.2) is 0 Å². The lowest BCUT2D eigenvalue weighted by Gasteiger charge is -2.19. The predicted molar refractivity (Wildman–Crippen MR) is 123 cm³/mol. The molecule has 0 atom stereocenters. The minimum Gasteiger partial charge on any atom is -0.307 e. The highest BCUT2D eigenvalue weighted by molar-refractivity contribution is 7.89. The second-order valence-electron chi connectivity index (χ2n) is 8.47. The van der Waals surface area contributed by atoms with Gasteiger partial charge < -0.3 is 5.32 Å². The van der Waals surface area contributed by atoms with Gasteiger partial charge in [0.2, 0.25) is 10.0 Å². The molecule has 0 bridgehead atoms. The van der Waals surface area contributed by atoms with Gasteiger partial charge in [0.05, 0.1) is 4.90 Å². The lowest BCUT2D eigenvalue weighted by molar-refractivity contribution is 0.102. The molecule has 6 nitrogen and oxygen atoms in total. The molecular formula is C24H27N3O3S. The van der Waals surface area contributed by atoms with Crippen LogP contribution in [0, 0.1) is 6.92 Å². The minimum absolute atomic E-state index is 0.0425. The van der Waals surface area contributed by atoms with E-state index in [2.05, 4.69) is 35.8 Å². The number of benzene rings is 2. The number of amides is 1. The summed E-state index contributed by atoms with van der Waals surface area (Å²) in [6, 6.07) is 17.3. The summed E-state index contributed by atoms with van der Waals surface area (Å²) in [5, 5.41) is 2.75. The second kappa shape index (κ2) is 8.99. The molecule has 0 unspecified atom stereocenters. The Bertz CT molecular complexity index is 1160. The van der Waals surface area contributed by atoms with Gasteiger partial charge in [-0.1, -0.05) is 45.0 Å². The molecule has 1 aromatic heterocycles. The van der Waals surface area contributed by atoms with Crippen LogP contribution < -0.4 is 10.0 Å². The van der Waals surface area contributed by atoms with Crippen LogP contribution in [0.25, 0.3) is 0 Å². The van der Waals surface area contributed by atoms with Crippen LogP contribution >= 0.6 is 0 Å². The molecule has 2 aromatic carbocycles. The van der Waals surface area contributed by atoms with E-state index in [1.807, 2.05) is 25.1 Å². The molecule has 3 aromatic rings. The third-order valence-electron chi connectivity index (χ3n) is 4.87. The molecule has 2 N–H and O–H groups in total. The summed E-state index contributed by atoms with van der Waals surface area (Å²) in [6.07, 6.45) is 1.64. The fourth-order valence-electron chi connectivity index (χ4n) is 2.96. The molecule has 1 amide bonds. The first-order chi connectivity index (χ1) is 14.5. The van der Waals surface area contributed by atoms with E-state index in [0.717, 1.165) is 16.7 Å². The first-order valence-corrected chi connectivity index (χ1v) is 11.5. The normalized spacial score (nSPS) is 11.9. The van der Waals surface area contributed by atoms with E-state index >= 15 is 0 Å². The van der Waals surface area contributed by atoms with Gasteiger partial charge in [-0.3, -0.25) is 4.79 Å². The first-order valence-electron chi connectivity index (χ1n) is 9.98. The molecule has 0 saturated carbocycles. The van der Waals surface area contributed by atoms with Crippen LogP contribution in [-0.2, 0) is 22.0 Å². The summed E-state index contributed by atoms with van der Waals surface area (Å²) in [4.78, 5) is 16.7. The Labute approximate surface area is 183 Å². The number of carbonyl (C=O) groups excluding carboxylic acids is 1. The topological polar surface area (TPSA) is 88.2 Å². The number of aryl methyl sites for hydroxylation is 1. The van der Waals surface area contributed by atoms with Crippen molar-refractivity contribution < 1.29 is 13.2 Å². The number of sulfonamides is 1. The molecule has 0 saturated heterocycles. The lowest BCUT2D eigenvalue weighted by atomic mass is 9.87. The van der Waals surface area contributed by atoms with Crippen molar-refractivity contribution in [1.82, 2.24) is 9.71 Å². The van der Waals surface area contributed by atoms with Gasteiger partial charge in [0.1, 0.15) is 5.82 Å². The SMILES string of the molecule is Cc1ccnc(NC(=O)c2ccc(CNS(=O)(=O)c3ccc(C(C)(C)C)cc3)cc2)c1. The molecule has 0 radical (unpaired) electrons. The quantitative estimate of drug-likeness (QED) is 0.598. The standard InChI is InChI=1S/C24H27N3O3S/c1-17-13-14-25-22(15-17)27-23(28)19-7-5-18(6-8-19)16-26-31(29,30)21-11-9-20(10-12-21)24(2,3)4/h5-15,26H,16H2,1-4H3,(H,25,27,28). The highest BCUT2D eigenvalue weighted by Gasteiger charge is 2.17. The van der Waals surface area contributed by atoms with E-state index in [-0.39, 0.29) is 22.8 Å². The zero-order valence-corrected chi connectivity index (χ0v) is 19.0. The third-order valence-corrected chi connectivity index (χ3v) is 6.29. The molecule has 162 valence electrons. The van der Waals surface area contributed by atoms with Gasteiger partial charge in [-0.25, -0.2) is 18.1 Å². The van der Waals surface area contributed by atoms with Crippen molar-refractivity contribution in [3.05, 3.63) is 89.1 Å². The number of aromatic nitrogens is 1. The molecule has 0 aliphatic rings. The minimum atomic E-state index is -3.63. The van der Waals surface area contributed by atoms with E-state index < -0.39 is 10.0 Å². The maximum absolute atomic E-state index is 12.6. The monoisotopic (exact) mass is 437 g/mol. The summed E-state index contributed by atoms with van der Waals surface area (Å²) in [7, 11) is -3.63. The Morgan fingerprint density at radius 3 is 2.19 bits per heavy atom. The summed E-state index contributed by atoms with van der Waals surface area (Å²) in [5.74, 6) is 0.212. The maximum atomic E-state index is 12.6. The smallest absolute Gasteiger partial charge is 0.256 e. The number of carbonyl (C=O) groups is 1. The Morgan fingerprint density at radius 1 is 0.968 bits per heavy atom. The van der Waals surface area contributed by atoms with Gasteiger partial charge in [0, 0.05) is 18.3 Å². The predicted octanol–water partition coefficient (Wildman–Crippen LogP) is 4.42. The molecule has 31 heavy (non-hydrogen) atoms. The van der Waals surface area contributed by atoms with Crippen molar-refractivity contribution in [2.45, 2.75) is 44.6 Å². The van der Waals surface area contributed by atoms with Crippen LogP contribution in [0.3, 0.4) is 0 Å². The van der Waals surface area contributed by atoms with Crippen molar-refractivity contribution in [2.75, 3.05) is 5.32 Å². The van der Waals surface area contributed by atoms with Gasteiger partial charge in [-0.05, 0) is 65.4 Å². The van der Waals surface area contributed by atoms with Gasteiger partial charge in [-0.15, -0.1) is 0 Å². The van der Waals surface area contributed by atoms with E-state index in [4.69, 9.17) is 0 Å². The Morgan fingerprint density at radius 2 is 1.61 bits per heavy atom. The molecule has 1 heterocycles. The molecule has 0 aliphatic carbocycles. The van der Waals surface area contributed by atoms with E-state index in [1.165, 1.54) is 0 Å². The highest BCUT2D eigenvalue weighted by atomic mass is 32.2. The van der Waals surface area contributed by atoms with E-state index in [9.17, 15) is 13.2 Å². The first kappa shape index (κ1) is 22.7. The van der Waals surface area contributed by atoms with Crippen LogP contribution in [0.15, 0.2) is 71.8 Å². The average Bonchev–Trinajstić information content (AvgIpc) is 2.72. The Kier molecular flexibility index (Phi) is 6.57. The zero-order chi connectivity index (χ0) is 22.6. The molecule has 0 fully saturated rings. The zero-order valence-electron chi connectivity index (χ0n) is 18.1. The van der Waals surface area contributed by atoms with Gasteiger partial charge in [-0.2, -0.15) is 0 Å². The molecule has 0 aliphatic heterocycles. The van der Waals surface area contributed by atoms with Crippen LogP contribution in [0.4, 0.5) is 5.82 Å². The average molecular weight is 438 g/mol. The summed E-state index contributed by atoms with van der Waals surface area (Å²) < 4.78 is 27.8. The molecule has 0 spiro atoms. The number of nitrogens with one attached hydrogen (secondary N) is 2. The fraction of sp³-hybridized carbons (Fsp3) is 0.250. The van der Waals surface area contributed by atoms with Crippen molar-refractivity contribution in [3.63, 3.8) is 0 Å². The number of rotatable bonds is 6. The van der Waals surface area contributed by atoms with Crippen LogP contribution in [0.1, 0.15) is 47.8 Å². The van der Waals surface area contributed by atoms with Crippen LogP contribution in [0.2, 0.25) is 0 Å². The molecule has 7 heteroatoms. The molecular weight excluding hydrogens is 410 g/mol. The van der Waals surface area contributed by atoms with E-state index in [0.29, 0.717) is 11.4 Å². The van der Waals surface area contributed by atoms with Crippen molar-refractivity contribution in [1.29, 1.82) is 0 Å². The number of hydrogen-bond donors (Lipinski definition) is 2. The van der Waals surface area contributed by atoms with Gasteiger partial charge >= 0.3 is 0 Å². The van der Waals surface area contributed by atoms with Crippen molar-refractivity contribution in [3.8, 4) is 0 Å². The highest BCUT2D eigenvalue weighted by Crippen LogP contribution is 2.23. The number of hydrogen-bond acceptors (Lipinski definition) is 4. The van der Waals surface area contributed by atoms with Crippen molar-refractivity contribution in [2.24, 2.45) is 0 Å². The summed E-state index contributed by atoms with van der Waals surface area (Å²) >= 11 is 0. The fourth-order valence-corrected chi connectivity index (χ4v) is 3.98. The van der Waals surface area contributed by atoms with Crippen LogP contribution in [-0.4, -0.2) is 19.3 Å². The van der Waals surface area contributed by atoms with Gasteiger partial charge in [0.25, 0.3) is 5.91 Å². The lowest BCUT2D eigenvalue weighted by Crippen LogP contribution is -2.23. The largest absolute Gasteiger partial charge is 0.307 e. The summed E-state index contributed by atoms with van der Waals surface area (Å²) in [5.41, 5.74) is 3.24. The number of nitrogens with zero attached hydrogens (tertiary/aromatic N) is 1. The van der Waals surface area contributed by atoms with Crippen molar-refractivity contribution >= 4 is 21.7 Å². The maximum Gasteiger partial charge on any atom is 0.256 e.